The van der Waals surface area contributed by atoms with E-state index in [2.05, 4.69) is 4.99 Å². The Labute approximate surface area is 66.5 Å². The molecule has 1 rings (SSSR count). The molecule has 0 aliphatic heterocycles. The van der Waals surface area contributed by atoms with Gasteiger partial charge in [0.15, 0.2) is 0 Å². The standard InChI is InChI=1S/C9H11NO/c1-10-9(11-2)8-6-4-3-5-7-8/h3-7H,1-2H3. The SMILES string of the molecule is CN=C(OC)c1ccccc1. The van der Waals surface area contributed by atoms with Crippen molar-refractivity contribution in [2.24, 2.45) is 4.99 Å². The lowest BCUT2D eigenvalue weighted by molar-refractivity contribution is 0.404. The molecule has 58 valence electrons. The van der Waals surface area contributed by atoms with Gasteiger partial charge < -0.3 is 4.74 Å². The van der Waals surface area contributed by atoms with Crippen molar-refractivity contribution < 1.29 is 4.74 Å². The molecule has 0 N–H and O–H groups in total. The van der Waals surface area contributed by atoms with Gasteiger partial charge in [0.25, 0.3) is 0 Å². The Kier molecular flexibility index (Phi) is 2.66. The lowest BCUT2D eigenvalue weighted by atomic mass is 10.2. The molecule has 0 bridgehead atoms. The first-order valence-electron chi connectivity index (χ1n) is 3.44. The minimum absolute atomic E-state index is 0.672. The Morgan fingerprint density at radius 2 is 1.91 bits per heavy atom. The van der Waals surface area contributed by atoms with Crippen LogP contribution in [0.2, 0.25) is 0 Å². The second-order valence-corrected chi connectivity index (χ2v) is 2.10. The van der Waals surface area contributed by atoms with E-state index in [9.17, 15) is 0 Å². The van der Waals surface area contributed by atoms with E-state index in [1.54, 1.807) is 14.2 Å². The van der Waals surface area contributed by atoms with Crippen LogP contribution in [0.3, 0.4) is 0 Å². The summed E-state index contributed by atoms with van der Waals surface area (Å²) in [5, 5.41) is 0. The molecule has 0 spiro atoms. The van der Waals surface area contributed by atoms with E-state index in [1.165, 1.54) is 0 Å². The molecule has 1 aromatic rings. The molecule has 0 saturated carbocycles. The summed E-state index contributed by atoms with van der Waals surface area (Å²) < 4.78 is 5.04. The van der Waals surface area contributed by atoms with Crippen molar-refractivity contribution in [3.63, 3.8) is 0 Å². The zero-order chi connectivity index (χ0) is 8.10. The number of hydrogen-bond donors (Lipinski definition) is 0. The number of nitrogens with zero attached hydrogens (tertiary/aromatic N) is 1. The average Bonchev–Trinajstić information content (AvgIpc) is 2.09. The van der Waals surface area contributed by atoms with Crippen molar-refractivity contribution >= 4 is 5.90 Å². The molecule has 0 heterocycles. The van der Waals surface area contributed by atoms with Crippen LogP contribution in [0, 0.1) is 0 Å². The predicted molar refractivity (Wildman–Crippen MR) is 45.9 cm³/mol. The van der Waals surface area contributed by atoms with E-state index >= 15 is 0 Å². The van der Waals surface area contributed by atoms with Gasteiger partial charge in [0, 0.05) is 12.6 Å². The van der Waals surface area contributed by atoms with Crippen LogP contribution in [0.15, 0.2) is 35.3 Å². The summed E-state index contributed by atoms with van der Waals surface area (Å²) in [6.07, 6.45) is 0. The Morgan fingerprint density at radius 3 is 2.36 bits per heavy atom. The molecule has 2 nitrogen and oxygen atoms in total. The lowest BCUT2D eigenvalue weighted by Gasteiger charge is -2.01. The van der Waals surface area contributed by atoms with Crippen LogP contribution in [0.25, 0.3) is 0 Å². The monoisotopic (exact) mass is 149 g/mol. The molecule has 0 amide bonds. The summed E-state index contributed by atoms with van der Waals surface area (Å²) in [6, 6.07) is 9.81. The summed E-state index contributed by atoms with van der Waals surface area (Å²) in [7, 11) is 3.33. The Morgan fingerprint density at radius 1 is 1.27 bits per heavy atom. The second-order valence-electron chi connectivity index (χ2n) is 2.10. The summed E-state index contributed by atoms with van der Waals surface area (Å²) >= 11 is 0. The van der Waals surface area contributed by atoms with Gasteiger partial charge in [0.2, 0.25) is 5.90 Å². The van der Waals surface area contributed by atoms with Crippen molar-refractivity contribution in [3.05, 3.63) is 35.9 Å². The molecule has 0 unspecified atom stereocenters. The van der Waals surface area contributed by atoms with Crippen LogP contribution in [-0.4, -0.2) is 20.1 Å². The Hall–Kier alpha value is -1.31. The average molecular weight is 149 g/mol. The minimum Gasteiger partial charge on any atom is -0.481 e. The van der Waals surface area contributed by atoms with E-state index in [-0.39, 0.29) is 0 Å². The van der Waals surface area contributed by atoms with Crippen LogP contribution in [0.1, 0.15) is 5.56 Å². The second kappa shape index (κ2) is 3.76. The molecule has 0 aromatic heterocycles. The normalized spacial score (nSPS) is 11.3. The van der Waals surface area contributed by atoms with Crippen molar-refractivity contribution in [1.82, 2.24) is 0 Å². The van der Waals surface area contributed by atoms with Gasteiger partial charge in [-0.05, 0) is 12.1 Å². The lowest BCUT2D eigenvalue weighted by Crippen LogP contribution is -2.02. The third kappa shape index (κ3) is 1.80. The highest BCUT2D eigenvalue weighted by molar-refractivity contribution is 5.93. The minimum atomic E-state index is 0.672. The van der Waals surface area contributed by atoms with Gasteiger partial charge in [-0.15, -0.1) is 0 Å². The number of rotatable bonds is 1. The van der Waals surface area contributed by atoms with Crippen molar-refractivity contribution in [2.45, 2.75) is 0 Å². The van der Waals surface area contributed by atoms with Gasteiger partial charge in [0.05, 0.1) is 7.11 Å². The molecule has 0 aliphatic rings. The molecule has 0 atom stereocenters. The fraction of sp³-hybridized carbons (Fsp3) is 0.222. The largest absolute Gasteiger partial charge is 0.481 e. The smallest absolute Gasteiger partial charge is 0.215 e. The molecular formula is C9H11NO. The van der Waals surface area contributed by atoms with Crippen molar-refractivity contribution in [3.8, 4) is 0 Å². The van der Waals surface area contributed by atoms with Crippen molar-refractivity contribution in [2.75, 3.05) is 14.2 Å². The van der Waals surface area contributed by atoms with Gasteiger partial charge in [-0.25, -0.2) is 0 Å². The van der Waals surface area contributed by atoms with E-state index in [4.69, 9.17) is 4.74 Å². The van der Waals surface area contributed by atoms with Gasteiger partial charge in [0.1, 0.15) is 0 Å². The van der Waals surface area contributed by atoms with Crippen LogP contribution >= 0.6 is 0 Å². The summed E-state index contributed by atoms with van der Waals surface area (Å²) in [5.41, 5.74) is 1.01. The van der Waals surface area contributed by atoms with Gasteiger partial charge in [-0.2, -0.15) is 0 Å². The number of hydrogen-bond acceptors (Lipinski definition) is 2. The molecule has 0 radical (unpaired) electrons. The van der Waals surface area contributed by atoms with Crippen LogP contribution < -0.4 is 0 Å². The molecular weight excluding hydrogens is 138 g/mol. The Bertz CT molecular complexity index is 241. The van der Waals surface area contributed by atoms with Gasteiger partial charge >= 0.3 is 0 Å². The fourth-order valence-corrected chi connectivity index (χ4v) is 0.919. The molecule has 2 heteroatoms. The van der Waals surface area contributed by atoms with Crippen LogP contribution in [0.5, 0.6) is 0 Å². The zero-order valence-corrected chi connectivity index (χ0v) is 6.74. The van der Waals surface area contributed by atoms with E-state index < -0.39 is 0 Å². The highest BCUT2D eigenvalue weighted by Crippen LogP contribution is 2.00. The first-order valence-corrected chi connectivity index (χ1v) is 3.44. The van der Waals surface area contributed by atoms with Gasteiger partial charge in [-0.1, -0.05) is 18.2 Å². The van der Waals surface area contributed by atoms with Crippen LogP contribution in [-0.2, 0) is 4.74 Å². The van der Waals surface area contributed by atoms with E-state index in [0.717, 1.165) is 5.56 Å². The third-order valence-electron chi connectivity index (χ3n) is 1.42. The maximum Gasteiger partial charge on any atom is 0.215 e. The molecule has 0 saturated heterocycles. The van der Waals surface area contributed by atoms with Crippen LogP contribution in [0.4, 0.5) is 0 Å². The maximum atomic E-state index is 5.04. The third-order valence-corrected chi connectivity index (χ3v) is 1.42. The summed E-state index contributed by atoms with van der Waals surface area (Å²) in [5.74, 6) is 0.672. The topological polar surface area (TPSA) is 21.6 Å². The number of benzene rings is 1. The first kappa shape index (κ1) is 7.79. The Balaban J connectivity index is 2.92. The van der Waals surface area contributed by atoms with Gasteiger partial charge in [-0.3, -0.25) is 4.99 Å². The first-order chi connectivity index (χ1) is 5.38. The highest BCUT2D eigenvalue weighted by Gasteiger charge is 1.97. The molecule has 1 aromatic carbocycles. The molecule has 0 aliphatic carbocycles. The predicted octanol–water partition coefficient (Wildman–Crippen LogP) is 1.71. The maximum absolute atomic E-state index is 5.04. The summed E-state index contributed by atoms with van der Waals surface area (Å²) in [4.78, 5) is 3.97. The van der Waals surface area contributed by atoms with E-state index in [1.807, 2.05) is 30.3 Å². The highest BCUT2D eigenvalue weighted by atomic mass is 16.5. The molecule has 11 heavy (non-hydrogen) atoms. The number of aliphatic imine (C=N–C) groups is 1. The summed E-state index contributed by atoms with van der Waals surface area (Å²) in [6.45, 7) is 0. The fourth-order valence-electron chi connectivity index (χ4n) is 0.919. The number of methoxy groups -OCH3 is 1. The molecule has 0 fully saturated rings. The zero-order valence-electron chi connectivity index (χ0n) is 6.74. The van der Waals surface area contributed by atoms with E-state index in [0.29, 0.717) is 5.90 Å². The quantitative estimate of drug-likeness (QED) is 0.440. The van der Waals surface area contributed by atoms with Crippen molar-refractivity contribution in [1.29, 1.82) is 0 Å². The number of ether oxygens (including phenoxy) is 1.